The minimum atomic E-state index is -0.152. The van der Waals surface area contributed by atoms with E-state index in [1.54, 1.807) is 6.07 Å². The molecular formula is C22H22N4O2. The second kappa shape index (κ2) is 8.52. The Morgan fingerprint density at radius 3 is 2.64 bits per heavy atom. The predicted octanol–water partition coefficient (Wildman–Crippen LogP) is 3.97. The van der Waals surface area contributed by atoms with Crippen LogP contribution in [0.3, 0.4) is 0 Å². The van der Waals surface area contributed by atoms with Gasteiger partial charge in [-0.2, -0.15) is 0 Å². The zero-order valence-electron chi connectivity index (χ0n) is 15.5. The van der Waals surface area contributed by atoms with Crippen LogP contribution < -0.4 is 15.0 Å². The summed E-state index contributed by atoms with van der Waals surface area (Å²) in [5, 5.41) is 11.2. The molecular weight excluding hydrogens is 352 g/mol. The first-order chi connectivity index (χ1) is 13.8. The van der Waals surface area contributed by atoms with E-state index in [0.29, 0.717) is 12.4 Å². The van der Waals surface area contributed by atoms with Crippen LogP contribution in [0.5, 0.6) is 5.75 Å². The largest absolute Gasteiger partial charge is 0.493 e. The Morgan fingerprint density at radius 1 is 1.00 bits per heavy atom. The maximum atomic E-state index is 12.1. The lowest BCUT2D eigenvalue weighted by atomic mass is 10.0. The Kier molecular flexibility index (Phi) is 5.47. The number of para-hydroxylation sites is 2. The van der Waals surface area contributed by atoms with Gasteiger partial charge in [-0.25, -0.2) is 0 Å². The third kappa shape index (κ3) is 4.28. The summed E-state index contributed by atoms with van der Waals surface area (Å²) in [6.07, 6.45) is 2.41. The number of nitrogens with one attached hydrogen (secondary N) is 1. The van der Waals surface area contributed by atoms with Gasteiger partial charge in [-0.3, -0.25) is 4.79 Å². The lowest BCUT2D eigenvalue weighted by Gasteiger charge is -2.29. The molecule has 3 aromatic rings. The molecule has 0 atom stereocenters. The van der Waals surface area contributed by atoms with Gasteiger partial charge < -0.3 is 15.0 Å². The number of ether oxygens (including phenoxy) is 1. The molecule has 1 aliphatic rings. The predicted molar refractivity (Wildman–Crippen MR) is 109 cm³/mol. The minimum Gasteiger partial charge on any atom is -0.493 e. The van der Waals surface area contributed by atoms with E-state index in [-0.39, 0.29) is 12.3 Å². The van der Waals surface area contributed by atoms with Gasteiger partial charge in [0.1, 0.15) is 5.75 Å². The van der Waals surface area contributed by atoms with Crippen molar-refractivity contribution in [3.05, 3.63) is 72.3 Å². The molecule has 2 heterocycles. The van der Waals surface area contributed by atoms with Gasteiger partial charge in [0.2, 0.25) is 5.91 Å². The zero-order chi connectivity index (χ0) is 19.2. The van der Waals surface area contributed by atoms with Crippen molar-refractivity contribution in [3.8, 4) is 5.75 Å². The van der Waals surface area contributed by atoms with E-state index in [2.05, 4.69) is 38.6 Å². The number of aromatic nitrogens is 2. The molecule has 1 N–H and O–H groups in total. The fraction of sp³-hybridized carbons (Fsp3) is 0.227. The molecule has 1 aromatic heterocycles. The van der Waals surface area contributed by atoms with Crippen LogP contribution in [-0.2, 0) is 11.2 Å². The third-order valence-corrected chi connectivity index (χ3v) is 4.65. The van der Waals surface area contributed by atoms with Crippen LogP contribution in [0.2, 0.25) is 0 Å². The van der Waals surface area contributed by atoms with Crippen molar-refractivity contribution in [2.45, 2.75) is 19.3 Å². The Balaban J connectivity index is 1.33. The molecule has 0 spiro atoms. The number of carbonyl (C=O) groups is 1. The molecule has 0 saturated heterocycles. The van der Waals surface area contributed by atoms with Gasteiger partial charge in [-0.05, 0) is 48.7 Å². The SMILES string of the molecule is O=C(CCOc1ccccc1)Nc1ccc(N2CCCc3ccccc32)nn1. The zero-order valence-corrected chi connectivity index (χ0v) is 15.5. The summed E-state index contributed by atoms with van der Waals surface area (Å²) in [6, 6.07) is 21.5. The van der Waals surface area contributed by atoms with Crippen molar-refractivity contribution in [1.82, 2.24) is 10.2 Å². The maximum absolute atomic E-state index is 12.1. The van der Waals surface area contributed by atoms with E-state index in [4.69, 9.17) is 4.74 Å². The number of anilines is 3. The minimum absolute atomic E-state index is 0.152. The van der Waals surface area contributed by atoms with Gasteiger partial charge in [0.25, 0.3) is 0 Å². The highest BCUT2D eigenvalue weighted by atomic mass is 16.5. The van der Waals surface area contributed by atoms with Gasteiger partial charge in [-0.15, -0.1) is 10.2 Å². The fourth-order valence-electron chi connectivity index (χ4n) is 3.29. The van der Waals surface area contributed by atoms with E-state index >= 15 is 0 Å². The van der Waals surface area contributed by atoms with E-state index in [1.165, 1.54) is 11.3 Å². The molecule has 4 rings (SSSR count). The molecule has 0 unspecified atom stereocenters. The average molecular weight is 374 g/mol. The first-order valence-electron chi connectivity index (χ1n) is 9.46. The molecule has 2 aromatic carbocycles. The quantitative estimate of drug-likeness (QED) is 0.707. The second-order valence-electron chi connectivity index (χ2n) is 6.62. The van der Waals surface area contributed by atoms with E-state index in [0.717, 1.165) is 31.0 Å². The number of amides is 1. The summed E-state index contributed by atoms with van der Waals surface area (Å²) < 4.78 is 5.54. The first kappa shape index (κ1) is 18.0. The lowest BCUT2D eigenvalue weighted by molar-refractivity contribution is -0.116. The number of aryl methyl sites for hydroxylation is 1. The normalized spacial score (nSPS) is 12.9. The van der Waals surface area contributed by atoms with Gasteiger partial charge in [0.15, 0.2) is 11.6 Å². The molecule has 0 fully saturated rings. The number of benzene rings is 2. The average Bonchev–Trinajstić information content (AvgIpc) is 2.75. The van der Waals surface area contributed by atoms with E-state index in [9.17, 15) is 4.79 Å². The molecule has 0 radical (unpaired) electrons. The van der Waals surface area contributed by atoms with Crippen molar-refractivity contribution >= 4 is 23.2 Å². The van der Waals surface area contributed by atoms with Crippen molar-refractivity contribution in [2.24, 2.45) is 0 Å². The Hall–Kier alpha value is -3.41. The Labute approximate surface area is 164 Å². The summed E-state index contributed by atoms with van der Waals surface area (Å²) >= 11 is 0. The van der Waals surface area contributed by atoms with Gasteiger partial charge >= 0.3 is 0 Å². The van der Waals surface area contributed by atoms with E-state index < -0.39 is 0 Å². The number of carbonyl (C=O) groups excluding carboxylic acids is 1. The summed E-state index contributed by atoms with van der Waals surface area (Å²) in [6.45, 7) is 1.22. The fourth-order valence-corrected chi connectivity index (χ4v) is 3.29. The van der Waals surface area contributed by atoms with Crippen LogP contribution in [-0.4, -0.2) is 29.3 Å². The highest BCUT2D eigenvalue weighted by molar-refractivity contribution is 5.89. The highest BCUT2D eigenvalue weighted by Crippen LogP contribution is 2.31. The van der Waals surface area contributed by atoms with Crippen molar-refractivity contribution in [2.75, 3.05) is 23.4 Å². The van der Waals surface area contributed by atoms with Crippen LogP contribution in [0.4, 0.5) is 17.3 Å². The third-order valence-electron chi connectivity index (χ3n) is 4.65. The van der Waals surface area contributed by atoms with Crippen LogP contribution in [0.25, 0.3) is 0 Å². The standard InChI is InChI=1S/C22H22N4O2/c27-22(14-16-28-18-9-2-1-3-10-18)23-20-12-13-21(25-24-20)26-15-6-8-17-7-4-5-11-19(17)26/h1-5,7,9-13H,6,8,14-16H2,(H,23,24,27). The molecule has 0 aliphatic carbocycles. The Bertz CT molecular complexity index is 929. The van der Waals surface area contributed by atoms with Crippen LogP contribution in [0.15, 0.2) is 66.7 Å². The summed E-state index contributed by atoms with van der Waals surface area (Å²) in [5.41, 5.74) is 2.50. The smallest absolute Gasteiger partial charge is 0.229 e. The van der Waals surface area contributed by atoms with Crippen LogP contribution in [0.1, 0.15) is 18.4 Å². The van der Waals surface area contributed by atoms with Gasteiger partial charge in [0.05, 0.1) is 13.0 Å². The summed E-state index contributed by atoms with van der Waals surface area (Å²) in [5.74, 6) is 1.83. The highest BCUT2D eigenvalue weighted by Gasteiger charge is 2.19. The molecule has 0 saturated carbocycles. The first-order valence-corrected chi connectivity index (χ1v) is 9.46. The number of hydrogen-bond acceptors (Lipinski definition) is 5. The van der Waals surface area contributed by atoms with Crippen LogP contribution >= 0.6 is 0 Å². The number of fused-ring (bicyclic) bond motifs is 1. The van der Waals surface area contributed by atoms with Crippen molar-refractivity contribution < 1.29 is 9.53 Å². The number of hydrogen-bond donors (Lipinski definition) is 1. The molecule has 28 heavy (non-hydrogen) atoms. The van der Waals surface area contributed by atoms with Crippen molar-refractivity contribution in [1.29, 1.82) is 0 Å². The maximum Gasteiger partial charge on any atom is 0.229 e. The number of nitrogens with zero attached hydrogens (tertiary/aromatic N) is 3. The monoisotopic (exact) mass is 374 g/mol. The molecule has 6 nitrogen and oxygen atoms in total. The van der Waals surface area contributed by atoms with E-state index in [1.807, 2.05) is 42.5 Å². The molecule has 1 amide bonds. The second-order valence-corrected chi connectivity index (χ2v) is 6.62. The number of rotatable bonds is 6. The van der Waals surface area contributed by atoms with Gasteiger partial charge in [-0.1, -0.05) is 36.4 Å². The Morgan fingerprint density at radius 2 is 1.82 bits per heavy atom. The topological polar surface area (TPSA) is 67.3 Å². The van der Waals surface area contributed by atoms with Crippen molar-refractivity contribution in [3.63, 3.8) is 0 Å². The molecule has 142 valence electrons. The lowest BCUT2D eigenvalue weighted by Crippen LogP contribution is -2.25. The molecule has 0 bridgehead atoms. The van der Waals surface area contributed by atoms with Gasteiger partial charge in [0, 0.05) is 12.2 Å². The summed E-state index contributed by atoms with van der Waals surface area (Å²) in [7, 11) is 0. The molecule has 1 aliphatic heterocycles. The summed E-state index contributed by atoms with van der Waals surface area (Å²) in [4.78, 5) is 14.3. The molecule has 6 heteroatoms. The van der Waals surface area contributed by atoms with Crippen LogP contribution in [0, 0.1) is 0 Å².